The van der Waals surface area contributed by atoms with Crippen molar-refractivity contribution in [3.63, 3.8) is 0 Å². The molecule has 9 heteroatoms. The van der Waals surface area contributed by atoms with Crippen LogP contribution in [-0.2, 0) is 14.4 Å². The smallest absolute Gasteiger partial charge is 0.394 e. The Bertz CT molecular complexity index is 710. The minimum absolute atomic E-state index is 0.178. The highest BCUT2D eigenvalue weighted by atomic mass is 16.4. The fourth-order valence-electron chi connectivity index (χ4n) is 5.84. The lowest BCUT2D eigenvalue weighted by atomic mass is 10.1. The Balaban J connectivity index is 3.66. The molecule has 5 N–H and O–H groups in total. The van der Waals surface area contributed by atoms with E-state index in [-0.39, 0.29) is 19.0 Å². The summed E-state index contributed by atoms with van der Waals surface area (Å²) in [4.78, 5) is 36.8. The predicted molar refractivity (Wildman–Crippen MR) is 198 cm³/mol. The van der Waals surface area contributed by atoms with Gasteiger partial charge < -0.3 is 31.3 Å². The molecule has 0 bridgehead atoms. The van der Waals surface area contributed by atoms with Crippen LogP contribution in [0.15, 0.2) is 0 Å². The van der Waals surface area contributed by atoms with Gasteiger partial charge in [-0.1, -0.05) is 155 Å². The molecule has 0 aromatic rings. The van der Waals surface area contributed by atoms with E-state index in [2.05, 4.69) is 35.1 Å². The SMILES string of the molecule is CCCCCCCCCCCCCCNCCNCCNCCN(CC(=O)NCCCCCCCCCCCCCC)C(=O)C(=O)O. The fourth-order valence-corrected chi connectivity index (χ4v) is 5.84. The highest BCUT2D eigenvalue weighted by Gasteiger charge is 2.22. The quantitative estimate of drug-likeness (QED) is 0.0351. The van der Waals surface area contributed by atoms with Crippen LogP contribution in [0.2, 0.25) is 0 Å². The molecule has 0 aliphatic carbocycles. The molecule has 0 aliphatic heterocycles. The number of carbonyl (C=O) groups excluding carboxylic acids is 2. The Morgan fingerprint density at radius 2 is 0.787 bits per heavy atom. The van der Waals surface area contributed by atoms with Crippen LogP contribution >= 0.6 is 0 Å². The van der Waals surface area contributed by atoms with Gasteiger partial charge in [-0.05, 0) is 19.4 Å². The molecule has 278 valence electrons. The van der Waals surface area contributed by atoms with Crippen LogP contribution in [0.5, 0.6) is 0 Å². The zero-order valence-electron chi connectivity index (χ0n) is 31.0. The van der Waals surface area contributed by atoms with E-state index in [9.17, 15) is 19.5 Å². The van der Waals surface area contributed by atoms with Crippen molar-refractivity contribution in [3.05, 3.63) is 0 Å². The van der Waals surface area contributed by atoms with Crippen LogP contribution in [0.25, 0.3) is 0 Å². The van der Waals surface area contributed by atoms with Crippen LogP contribution in [-0.4, -0.2) is 86.7 Å². The van der Waals surface area contributed by atoms with Crippen molar-refractivity contribution in [2.75, 3.05) is 58.9 Å². The minimum atomic E-state index is -1.53. The maximum absolute atomic E-state index is 12.4. The summed E-state index contributed by atoms with van der Waals surface area (Å²) in [5.74, 6) is -2.87. The molecule has 47 heavy (non-hydrogen) atoms. The van der Waals surface area contributed by atoms with Crippen molar-refractivity contribution < 1.29 is 19.5 Å². The maximum Gasteiger partial charge on any atom is 0.394 e. The molecule has 0 saturated heterocycles. The average Bonchev–Trinajstić information content (AvgIpc) is 3.06. The summed E-state index contributed by atoms with van der Waals surface area (Å²) in [7, 11) is 0. The number of unbranched alkanes of at least 4 members (excludes halogenated alkanes) is 22. The topological polar surface area (TPSA) is 123 Å². The maximum atomic E-state index is 12.4. The number of carbonyl (C=O) groups is 3. The largest absolute Gasteiger partial charge is 0.474 e. The van der Waals surface area contributed by atoms with Crippen LogP contribution in [0.1, 0.15) is 168 Å². The van der Waals surface area contributed by atoms with Crippen molar-refractivity contribution in [2.24, 2.45) is 0 Å². The van der Waals surface area contributed by atoms with Gasteiger partial charge in [0.25, 0.3) is 0 Å². The minimum Gasteiger partial charge on any atom is -0.474 e. The van der Waals surface area contributed by atoms with Gasteiger partial charge in [0.2, 0.25) is 5.91 Å². The van der Waals surface area contributed by atoms with E-state index in [1.54, 1.807) is 0 Å². The summed E-state index contributed by atoms with van der Waals surface area (Å²) in [6.45, 7) is 9.85. The number of carboxylic acid groups (broad SMARTS) is 1. The molecule has 0 saturated carbocycles. The van der Waals surface area contributed by atoms with Crippen LogP contribution < -0.4 is 21.3 Å². The van der Waals surface area contributed by atoms with Crippen LogP contribution in [0.3, 0.4) is 0 Å². The number of nitrogens with zero attached hydrogens (tertiary/aromatic N) is 1. The van der Waals surface area contributed by atoms with Gasteiger partial charge in [0.15, 0.2) is 0 Å². The highest BCUT2D eigenvalue weighted by molar-refractivity contribution is 6.31. The van der Waals surface area contributed by atoms with Gasteiger partial charge >= 0.3 is 11.9 Å². The fraction of sp³-hybridized carbons (Fsp3) is 0.921. The molecule has 0 aromatic heterocycles. The summed E-state index contributed by atoms with van der Waals surface area (Å²) in [5.41, 5.74) is 0. The molecule has 0 rings (SSSR count). The van der Waals surface area contributed by atoms with Crippen molar-refractivity contribution in [2.45, 2.75) is 168 Å². The van der Waals surface area contributed by atoms with E-state index in [4.69, 9.17) is 0 Å². The Morgan fingerprint density at radius 3 is 1.19 bits per heavy atom. The molecule has 0 aromatic carbocycles. The molecular formula is C38H77N5O4. The van der Waals surface area contributed by atoms with Gasteiger partial charge in [0, 0.05) is 45.8 Å². The monoisotopic (exact) mass is 668 g/mol. The first-order valence-electron chi connectivity index (χ1n) is 19.9. The van der Waals surface area contributed by atoms with Gasteiger partial charge in [0.1, 0.15) is 6.54 Å². The third-order valence-corrected chi connectivity index (χ3v) is 8.88. The molecule has 0 aliphatic rings. The molecule has 0 fully saturated rings. The Kier molecular flexibility index (Phi) is 35.8. The molecule has 0 atom stereocenters. The second kappa shape index (κ2) is 37.1. The Labute approximate surface area is 289 Å². The van der Waals surface area contributed by atoms with Crippen molar-refractivity contribution >= 4 is 17.8 Å². The van der Waals surface area contributed by atoms with Gasteiger partial charge in [0.05, 0.1) is 0 Å². The Morgan fingerprint density at radius 1 is 0.447 bits per heavy atom. The second-order valence-electron chi connectivity index (χ2n) is 13.4. The molecular weight excluding hydrogens is 590 g/mol. The normalized spacial score (nSPS) is 11.2. The van der Waals surface area contributed by atoms with Crippen molar-refractivity contribution in [3.8, 4) is 0 Å². The van der Waals surface area contributed by atoms with E-state index < -0.39 is 11.9 Å². The second-order valence-corrected chi connectivity index (χ2v) is 13.4. The number of nitrogens with one attached hydrogen (secondary N) is 4. The number of hydrogen-bond donors (Lipinski definition) is 5. The average molecular weight is 668 g/mol. The molecule has 9 nitrogen and oxygen atoms in total. The third kappa shape index (κ3) is 34.0. The van der Waals surface area contributed by atoms with E-state index in [0.717, 1.165) is 43.9 Å². The van der Waals surface area contributed by atoms with Gasteiger partial charge in [-0.3, -0.25) is 9.59 Å². The predicted octanol–water partition coefficient (Wildman–Crippen LogP) is 7.19. The Hall–Kier alpha value is -1.71. The summed E-state index contributed by atoms with van der Waals surface area (Å²) >= 11 is 0. The summed E-state index contributed by atoms with van der Waals surface area (Å²) in [6.07, 6.45) is 31.5. The first kappa shape index (κ1) is 45.3. The zero-order valence-corrected chi connectivity index (χ0v) is 31.0. The first-order chi connectivity index (χ1) is 23.0. The van der Waals surface area contributed by atoms with Crippen LogP contribution in [0, 0.1) is 0 Å². The number of aliphatic carboxylic acids is 1. The molecule has 0 unspecified atom stereocenters. The lowest BCUT2D eigenvalue weighted by molar-refractivity contribution is -0.156. The zero-order chi connectivity index (χ0) is 34.5. The van der Waals surface area contributed by atoms with E-state index in [1.165, 1.54) is 141 Å². The van der Waals surface area contributed by atoms with E-state index >= 15 is 0 Å². The number of rotatable bonds is 37. The number of carboxylic acids is 1. The van der Waals surface area contributed by atoms with Crippen LogP contribution in [0.4, 0.5) is 0 Å². The third-order valence-electron chi connectivity index (χ3n) is 8.88. The molecule has 0 radical (unpaired) electrons. The lowest BCUT2D eigenvalue weighted by Crippen LogP contribution is -2.46. The summed E-state index contributed by atoms with van der Waals surface area (Å²) < 4.78 is 0. The summed E-state index contributed by atoms with van der Waals surface area (Å²) in [6, 6.07) is 0. The molecule has 2 amide bonds. The lowest BCUT2D eigenvalue weighted by Gasteiger charge is -2.20. The molecule has 0 spiro atoms. The number of amides is 2. The highest BCUT2D eigenvalue weighted by Crippen LogP contribution is 2.13. The molecule has 0 heterocycles. The van der Waals surface area contributed by atoms with Gasteiger partial charge in [-0.2, -0.15) is 0 Å². The van der Waals surface area contributed by atoms with Gasteiger partial charge in [-0.15, -0.1) is 0 Å². The standard InChI is InChI=1S/C38H77N5O4/c1-3-5-7-9-11-13-15-17-19-21-23-25-27-39-29-30-40-31-32-41-33-34-43(37(45)38(46)47)35-36(44)42-28-26-24-22-20-18-16-14-12-10-8-6-4-2/h39-41H,3-35H2,1-2H3,(H,42,44)(H,46,47). The number of hydrogen-bond acceptors (Lipinski definition) is 6. The first-order valence-corrected chi connectivity index (χ1v) is 19.9. The summed E-state index contributed by atoms with van der Waals surface area (Å²) in [5, 5.41) is 22.1. The van der Waals surface area contributed by atoms with Crippen molar-refractivity contribution in [1.82, 2.24) is 26.2 Å². The van der Waals surface area contributed by atoms with E-state index in [1.807, 2.05) is 0 Å². The van der Waals surface area contributed by atoms with Crippen molar-refractivity contribution in [1.29, 1.82) is 0 Å². The van der Waals surface area contributed by atoms with Gasteiger partial charge in [-0.25, -0.2) is 4.79 Å². The van der Waals surface area contributed by atoms with E-state index in [0.29, 0.717) is 19.6 Å².